The maximum absolute atomic E-state index is 13.0. The molecule has 0 unspecified atom stereocenters. The maximum atomic E-state index is 13.0. The SMILES string of the molecule is O=C1NC(=O)[C@H](CC(=O)N2CCN(S(=O)(=O)c3ccc4c(c3)OCCCO4)CC2)S1. The van der Waals surface area contributed by atoms with Crippen molar-refractivity contribution in [2.24, 2.45) is 0 Å². The number of hydrogen-bond donors (Lipinski definition) is 1. The molecule has 0 aliphatic carbocycles. The number of carbonyl (C=O) groups is 3. The molecule has 1 aromatic rings. The summed E-state index contributed by atoms with van der Waals surface area (Å²) in [5.41, 5.74) is 0. The predicted octanol–water partition coefficient (Wildman–Crippen LogP) is 0.422. The summed E-state index contributed by atoms with van der Waals surface area (Å²) >= 11 is 0.805. The molecule has 2 saturated heterocycles. The highest BCUT2D eigenvalue weighted by Gasteiger charge is 2.36. The molecule has 1 atom stereocenters. The molecule has 0 bridgehead atoms. The molecular formula is C18H21N3O7S2. The van der Waals surface area contributed by atoms with E-state index in [1.807, 2.05) is 0 Å². The molecule has 4 rings (SSSR count). The van der Waals surface area contributed by atoms with E-state index in [9.17, 15) is 22.8 Å². The molecule has 3 heterocycles. The summed E-state index contributed by atoms with van der Waals surface area (Å²) in [6, 6.07) is 4.56. The van der Waals surface area contributed by atoms with E-state index in [0.717, 1.165) is 18.2 Å². The van der Waals surface area contributed by atoms with Crippen LogP contribution in [-0.4, -0.2) is 79.3 Å². The zero-order valence-electron chi connectivity index (χ0n) is 16.0. The van der Waals surface area contributed by atoms with Crippen LogP contribution in [0.4, 0.5) is 4.79 Å². The van der Waals surface area contributed by atoms with Gasteiger partial charge in [0.15, 0.2) is 11.5 Å². The van der Waals surface area contributed by atoms with Crippen LogP contribution in [-0.2, 0) is 19.6 Å². The van der Waals surface area contributed by atoms with Gasteiger partial charge >= 0.3 is 0 Å². The Morgan fingerprint density at radius 1 is 1.10 bits per heavy atom. The molecule has 1 aromatic carbocycles. The topological polar surface area (TPSA) is 122 Å². The van der Waals surface area contributed by atoms with E-state index >= 15 is 0 Å². The Labute approximate surface area is 177 Å². The Hall–Kier alpha value is -2.31. The Morgan fingerprint density at radius 2 is 1.80 bits per heavy atom. The number of ether oxygens (including phenoxy) is 2. The third kappa shape index (κ3) is 4.25. The van der Waals surface area contributed by atoms with Crippen LogP contribution < -0.4 is 14.8 Å². The lowest BCUT2D eigenvalue weighted by molar-refractivity contribution is -0.134. The number of benzene rings is 1. The quantitative estimate of drug-likeness (QED) is 0.693. The van der Waals surface area contributed by atoms with Gasteiger partial charge in [0, 0.05) is 45.1 Å². The van der Waals surface area contributed by atoms with Gasteiger partial charge in [0.25, 0.3) is 5.24 Å². The van der Waals surface area contributed by atoms with E-state index in [2.05, 4.69) is 5.32 Å². The molecule has 3 aliphatic rings. The van der Waals surface area contributed by atoms with E-state index in [1.165, 1.54) is 21.3 Å². The zero-order chi connectivity index (χ0) is 21.3. The molecular weight excluding hydrogens is 434 g/mol. The molecule has 3 aliphatic heterocycles. The van der Waals surface area contributed by atoms with Gasteiger partial charge in [-0.15, -0.1) is 0 Å². The van der Waals surface area contributed by atoms with Crippen LogP contribution in [0.3, 0.4) is 0 Å². The molecule has 2 fully saturated rings. The predicted molar refractivity (Wildman–Crippen MR) is 107 cm³/mol. The van der Waals surface area contributed by atoms with Crippen molar-refractivity contribution in [3.05, 3.63) is 18.2 Å². The number of thioether (sulfide) groups is 1. The monoisotopic (exact) mass is 455 g/mol. The molecule has 3 amide bonds. The highest BCUT2D eigenvalue weighted by atomic mass is 32.2. The number of amides is 3. The number of nitrogens with zero attached hydrogens (tertiary/aromatic N) is 2. The summed E-state index contributed by atoms with van der Waals surface area (Å²) in [5.74, 6) is 0.192. The van der Waals surface area contributed by atoms with Crippen molar-refractivity contribution in [1.82, 2.24) is 14.5 Å². The number of fused-ring (bicyclic) bond motifs is 1. The van der Waals surface area contributed by atoms with Gasteiger partial charge in [-0.2, -0.15) is 4.31 Å². The van der Waals surface area contributed by atoms with E-state index < -0.39 is 26.4 Å². The summed E-state index contributed by atoms with van der Waals surface area (Å²) in [6.45, 7) is 1.70. The Bertz CT molecular complexity index is 974. The molecule has 0 saturated carbocycles. The molecule has 162 valence electrons. The van der Waals surface area contributed by atoms with Gasteiger partial charge in [-0.3, -0.25) is 19.7 Å². The third-order valence-electron chi connectivity index (χ3n) is 5.08. The highest BCUT2D eigenvalue weighted by molar-refractivity contribution is 8.15. The number of piperazine rings is 1. The van der Waals surface area contributed by atoms with E-state index in [1.54, 1.807) is 6.07 Å². The molecule has 12 heteroatoms. The van der Waals surface area contributed by atoms with Crippen LogP contribution in [0.5, 0.6) is 11.5 Å². The van der Waals surface area contributed by atoms with Gasteiger partial charge in [0.1, 0.15) is 5.25 Å². The fourth-order valence-corrected chi connectivity index (χ4v) is 5.69. The average Bonchev–Trinajstić information content (AvgIpc) is 2.92. The van der Waals surface area contributed by atoms with Crippen LogP contribution >= 0.6 is 11.8 Å². The van der Waals surface area contributed by atoms with Crippen LogP contribution in [0, 0.1) is 0 Å². The van der Waals surface area contributed by atoms with Crippen LogP contribution in [0.15, 0.2) is 23.1 Å². The van der Waals surface area contributed by atoms with E-state index in [0.29, 0.717) is 24.7 Å². The van der Waals surface area contributed by atoms with Crippen LogP contribution in [0.1, 0.15) is 12.8 Å². The number of nitrogens with one attached hydrogen (secondary N) is 1. The number of rotatable bonds is 4. The van der Waals surface area contributed by atoms with Crippen molar-refractivity contribution in [1.29, 1.82) is 0 Å². The van der Waals surface area contributed by atoms with Crippen molar-refractivity contribution < 1.29 is 32.3 Å². The van der Waals surface area contributed by atoms with Gasteiger partial charge in [-0.25, -0.2) is 8.42 Å². The highest BCUT2D eigenvalue weighted by Crippen LogP contribution is 2.33. The molecule has 30 heavy (non-hydrogen) atoms. The zero-order valence-corrected chi connectivity index (χ0v) is 17.7. The first-order valence-electron chi connectivity index (χ1n) is 9.53. The van der Waals surface area contributed by atoms with Crippen molar-refractivity contribution in [3.8, 4) is 11.5 Å². The first kappa shape index (κ1) is 20.9. The molecule has 0 spiro atoms. The van der Waals surface area contributed by atoms with Crippen molar-refractivity contribution in [3.63, 3.8) is 0 Å². The molecule has 1 N–H and O–H groups in total. The minimum atomic E-state index is -3.75. The summed E-state index contributed by atoms with van der Waals surface area (Å²) in [6.07, 6.45) is 0.638. The lowest BCUT2D eigenvalue weighted by Gasteiger charge is -2.34. The Kier molecular flexibility index (Phi) is 5.89. The second-order valence-corrected chi connectivity index (χ2v) is 10.1. The third-order valence-corrected chi connectivity index (χ3v) is 7.95. The summed E-state index contributed by atoms with van der Waals surface area (Å²) in [7, 11) is -3.75. The second kappa shape index (κ2) is 8.44. The largest absolute Gasteiger partial charge is 0.490 e. The van der Waals surface area contributed by atoms with E-state index in [-0.39, 0.29) is 43.4 Å². The van der Waals surface area contributed by atoms with Gasteiger partial charge in [-0.05, 0) is 12.1 Å². The van der Waals surface area contributed by atoms with Crippen molar-refractivity contribution in [2.75, 3.05) is 39.4 Å². The van der Waals surface area contributed by atoms with Crippen LogP contribution in [0.2, 0.25) is 0 Å². The lowest BCUT2D eigenvalue weighted by atomic mass is 10.2. The lowest BCUT2D eigenvalue weighted by Crippen LogP contribution is -2.51. The summed E-state index contributed by atoms with van der Waals surface area (Å²) < 4.78 is 38.5. The fourth-order valence-electron chi connectivity index (χ4n) is 3.45. The standard InChI is InChI=1S/C18H21N3O7S2/c22-16(11-15-17(23)19-18(24)29-15)20-4-6-21(7-5-20)30(25,26)12-2-3-13-14(10-12)28-9-1-8-27-13/h2-3,10,15H,1,4-9,11H2,(H,19,23,24)/t15-/m0/s1. The Balaban J connectivity index is 1.38. The Morgan fingerprint density at radius 3 is 2.47 bits per heavy atom. The van der Waals surface area contributed by atoms with Crippen LogP contribution in [0.25, 0.3) is 0 Å². The van der Waals surface area contributed by atoms with Gasteiger partial charge < -0.3 is 14.4 Å². The van der Waals surface area contributed by atoms with Crippen molar-refractivity contribution in [2.45, 2.75) is 23.0 Å². The minimum absolute atomic E-state index is 0.0862. The number of sulfonamides is 1. The second-order valence-electron chi connectivity index (χ2n) is 7.03. The van der Waals surface area contributed by atoms with Gasteiger partial charge in [0.2, 0.25) is 21.8 Å². The number of carbonyl (C=O) groups excluding carboxylic acids is 3. The summed E-state index contributed by atoms with van der Waals surface area (Å²) in [5, 5.41) is 0.971. The van der Waals surface area contributed by atoms with E-state index in [4.69, 9.17) is 9.47 Å². The molecule has 0 aromatic heterocycles. The first-order valence-corrected chi connectivity index (χ1v) is 11.9. The normalized spacial score (nSPS) is 22.5. The fraction of sp³-hybridized carbons (Fsp3) is 0.500. The van der Waals surface area contributed by atoms with Crippen molar-refractivity contribution >= 4 is 38.8 Å². The van der Waals surface area contributed by atoms with Gasteiger partial charge in [0.05, 0.1) is 18.1 Å². The number of imide groups is 1. The first-order chi connectivity index (χ1) is 14.3. The maximum Gasteiger partial charge on any atom is 0.286 e. The number of hydrogen-bond acceptors (Lipinski definition) is 8. The molecule has 10 nitrogen and oxygen atoms in total. The smallest absolute Gasteiger partial charge is 0.286 e. The minimum Gasteiger partial charge on any atom is -0.490 e. The molecule has 0 radical (unpaired) electrons. The summed E-state index contributed by atoms with van der Waals surface area (Å²) in [4.78, 5) is 37.0. The average molecular weight is 456 g/mol. The van der Waals surface area contributed by atoms with Gasteiger partial charge in [-0.1, -0.05) is 11.8 Å².